The number of carbonyl (C=O) groups excluding carboxylic acids is 3. The number of imide groups is 1. The Balaban J connectivity index is 1.95. The van der Waals surface area contributed by atoms with Crippen molar-refractivity contribution in [2.45, 2.75) is 6.42 Å². The number of carbonyl (C=O) groups is 3. The SMILES string of the molecule is CN1C(=O)CCN(c2cc(C(=O)Oc3c(F)c(F)c(F)c(F)c3F)ccc2Cl)C1=O. The van der Waals surface area contributed by atoms with Crippen molar-refractivity contribution in [1.82, 2.24) is 4.90 Å². The zero-order valence-corrected chi connectivity index (χ0v) is 15.7. The first-order valence-electron chi connectivity index (χ1n) is 8.15. The molecule has 0 atom stereocenters. The maximum Gasteiger partial charge on any atom is 0.343 e. The highest BCUT2D eigenvalue weighted by Crippen LogP contribution is 2.32. The number of benzene rings is 2. The summed E-state index contributed by atoms with van der Waals surface area (Å²) in [6.07, 6.45) is -0.0300. The van der Waals surface area contributed by atoms with Crippen molar-refractivity contribution in [1.29, 1.82) is 0 Å². The maximum absolute atomic E-state index is 13.7. The maximum atomic E-state index is 13.7. The molecule has 2 aromatic carbocycles. The number of hydrogen-bond acceptors (Lipinski definition) is 4. The molecule has 1 heterocycles. The average molecular weight is 449 g/mol. The number of rotatable bonds is 3. The summed E-state index contributed by atoms with van der Waals surface area (Å²) < 4.78 is 71.5. The molecule has 0 aliphatic carbocycles. The normalized spacial score (nSPS) is 14.4. The van der Waals surface area contributed by atoms with Crippen molar-refractivity contribution < 1.29 is 41.1 Å². The molecule has 0 saturated carbocycles. The fourth-order valence-electron chi connectivity index (χ4n) is 2.65. The van der Waals surface area contributed by atoms with Gasteiger partial charge in [0.25, 0.3) is 0 Å². The number of anilines is 1. The van der Waals surface area contributed by atoms with E-state index in [1.54, 1.807) is 0 Å². The molecule has 0 aromatic heterocycles. The van der Waals surface area contributed by atoms with Crippen LogP contribution in [0.15, 0.2) is 18.2 Å². The minimum atomic E-state index is -2.40. The van der Waals surface area contributed by atoms with Crippen LogP contribution in [0.25, 0.3) is 0 Å². The predicted octanol–water partition coefficient (Wildman–Crippen LogP) is 4.04. The Hall–Kier alpha value is -3.21. The van der Waals surface area contributed by atoms with Crippen LogP contribution in [0.3, 0.4) is 0 Å². The van der Waals surface area contributed by atoms with Crippen molar-refractivity contribution in [2.24, 2.45) is 0 Å². The van der Waals surface area contributed by atoms with Gasteiger partial charge in [0.05, 0.1) is 16.3 Å². The van der Waals surface area contributed by atoms with E-state index in [1.807, 2.05) is 0 Å². The first-order valence-corrected chi connectivity index (χ1v) is 8.53. The molecule has 3 amide bonds. The smallest absolute Gasteiger partial charge is 0.343 e. The van der Waals surface area contributed by atoms with Crippen LogP contribution in [0, 0.1) is 29.1 Å². The number of amides is 3. The number of ether oxygens (including phenoxy) is 1. The molecule has 1 saturated heterocycles. The van der Waals surface area contributed by atoms with E-state index in [4.69, 9.17) is 11.6 Å². The summed E-state index contributed by atoms with van der Waals surface area (Å²) in [6.45, 7) is -0.0577. The number of nitrogens with zero attached hydrogens (tertiary/aromatic N) is 2. The quantitative estimate of drug-likeness (QED) is 0.234. The highest BCUT2D eigenvalue weighted by molar-refractivity contribution is 6.34. The summed E-state index contributed by atoms with van der Waals surface area (Å²) >= 11 is 6.04. The Morgan fingerprint density at radius 3 is 2.17 bits per heavy atom. The molecule has 3 rings (SSSR count). The standard InChI is InChI=1S/C18H10ClF5N2O4/c1-25-10(27)4-5-26(18(25)29)9-6-7(2-3-8(9)19)17(28)30-16-14(23)12(21)11(20)13(22)15(16)24/h2-3,6H,4-5H2,1H3. The van der Waals surface area contributed by atoms with E-state index in [-0.39, 0.29) is 23.7 Å². The van der Waals surface area contributed by atoms with Crippen LogP contribution in [0.4, 0.5) is 32.4 Å². The Bertz CT molecular complexity index is 1070. The first-order chi connectivity index (χ1) is 14.0. The van der Waals surface area contributed by atoms with Crippen LogP contribution in [0.5, 0.6) is 5.75 Å². The molecular formula is C18H10ClF5N2O4. The molecule has 12 heteroatoms. The van der Waals surface area contributed by atoms with E-state index in [1.165, 1.54) is 7.05 Å². The van der Waals surface area contributed by atoms with Crippen molar-refractivity contribution >= 4 is 35.2 Å². The van der Waals surface area contributed by atoms with E-state index < -0.39 is 58.3 Å². The van der Waals surface area contributed by atoms with Gasteiger partial charge in [-0.2, -0.15) is 8.78 Å². The molecule has 1 aliphatic heterocycles. The second-order valence-electron chi connectivity index (χ2n) is 6.09. The number of esters is 1. The highest BCUT2D eigenvalue weighted by atomic mass is 35.5. The van der Waals surface area contributed by atoms with Crippen LogP contribution in [-0.2, 0) is 4.79 Å². The van der Waals surface area contributed by atoms with Crippen molar-refractivity contribution in [3.05, 3.63) is 57.9 Å². The predicted molar refractivity (Wildman–Crippen MR) is 92.8 cm³/mol. The Kier molecular flexibility index (Phi) is 5.66. The van der Waals surface area contributed by atoms with Gasteiger partial charge in [-0.25, -0.2) is 22.8 Å². The van der Waals surface area contributed by atoms with Crippen molar-refractivity contribution in [2.75, 3.05) is 18.5 Å². The summed E-state index contributed by atoms with van der Waals surface area (Å²) in [6, 6.07) is 2.51. The van der Waals surface area contributed by atoms with Gasteiger partial charge in [0.2, 0.25) is 40.7 Å². The first kappa shape index (κ1) is 21.5. The average Bonchev–Trinajstić information content (AvgIpc) is 2.73. The van der Waals surface area contributed by atoms with Crippen LogP contribution in [0.1, 0.15) is 16.8 Å². The fourth-order valence-corrected chi connectivity index (χ4v) is 2.87. The molecule has 0 unspecified atom stereocenters. The summed E-state index contributed by atoms with van der Waals surface area (Å²) in [5.74, 6) is -15.3. The lowest BCUT2D eigenvalue weighted by Gasteiger charge is -2.32. The molecule has 30 heavy (non-hydrogen) atoms. The minimum absolute atomic E-state index is 0.00104. The zero-order chi connectivity index (χ0) is 22.3. The van der Waals surface area contributed by atoms with Crippen LogP contribution in [0.2, 0.25) is 5.02 Å². The molecular weight excluding hydrogens is 439 g/mol. The molecule has 2 aromatic rings. The van der Waals surface area contributed by atoms with Gasteiger partial charge in [-0.1, -0.05) is 11.6 Å². The lowest BCUT2D eigenvalue weighted by molar-refractivity contribution is -0.127. The molecule has 1 aliphatic rings. The van der Waals surface area contributed by atoms with Gasteiger partial charge in [0.1, 0.15) is 0 Å². The topological polar surface area (TPSA) is 66.9 Å². The molecule has 1 fully saturated rings. The second kappa shape index (κ2) is 7.90. The van der Waals surface area contributed by atoms with Gasteiger partial charge in [0.15, 0.2) is 0 Å². The molecule has 158 valence electrons. The Labute approximate surface area is 170 Å². The Morgan fingerprint density at radius 1 is 1.00 bits per heavy atom. The highest BCUT2D eigenvalue weighted by Gasteiger charge is 2.32. The summed E-state index contributed by atoms with van der Waals surface area (Å²) in [7, 11) is 1.24. The minimum Gasteiger partial charge on any atom is -0.416 e. The Morgan fingerprint density at radius 2 is 1.57 bits per heavy atom. The van der Waals surface area contributed by atoms with Gasteiger partial charge in [-0.15, -0.1) is 0 Å². The summed E-state index contributed by atoms with van der Waals surface area (Å²) in [5.41, 5.74) is -0.418. The van der Waals surface area contributed by atoms with E-state index >= 15 is 0 Å². The largest absolute Gasteiger partial charge is 0.416 e. The van der Waals surface area contributed by atoms with Gasteiger partial charge >= 0.3 is 12.0 Å². The number of urea groups is 1. The fraction of sp³-hybridized carbons (Fsp3) is 0.167. The van der Waals surface area contributed by atoms with Gasteiger partial charge in [-0.05, 0) is 18.2 Å². The molecule has 0 spiro atoms. The number of halogens is 6. The van der Waals surface area contributed by atoms with Gasteiger partial charge in [-0.3, -0.25) is 14.6 Å². The van der Waals surface area contributed by atoms with E-state index in [0.717, 1.165) is 28.0 Å². The third-order valence-electron chi connectivity index (χ3n) is 4.28. The van der Waals surface area contributed by atoms with Crippen molar-refractivity contribution in [3.63, 3.8) is 0 Å². The zero-order valence-electron chi connectivity index (χ0n) is 14.9. The van der Waals surface area contributed by atoms with Gasteiger partial charge < -0.3 is 4.74 Å². The molecule has 0 bridgehead atoms. The third-order valence-corrected chi connectivity index (χ3v) is 4.60. The summed E-state index contributed by atoms with van der Waals surface area (Å²) in [5, 5.41) is -0.00104. The van der Waals surface area contributed by atoms with Crippen LogP contribution >= 0.6 is 11.6 Å². The van der Waals surface area contributed by atoms with Crippen LogP contribution < -0.4 is 9.64 Å². The molecule has 0 N–H and O–H groups in total. The van der Waals surface area contributed by atoms with E-state index in [9.17, 15) is 36.3 Å². The third kappa shape index (κ3) is 3.56. The second-order valence-corrected chi connectivity index (χ2v) is 6.50. The van der Waals surface area contributed by atoms with E-state index in [0.29, 0.717) is 0 Å². The molecule has 6 nitrogen and oxygen atoms in total. The lowest BCUT2D eigenvalue weighted by Crippen LogP contribution is -2.50. The molecule has 0 radical (unpaired) electrons. The lowest BCUT2D eigenvalue weighted by atomic mass is 10.1. The van der Waals surface area contributed by atoms with Crippen molar-refractivity contribution in [3.8, 4) is 5.75 Å². The van der Waals surface area contributed by atoms with Crippen LogP contribution in [-0.4, -0.2) is 36.4 Å². The number of hydrogen-bond donors (Lipinski definition) is 0. The van der Waals surface area contributed by atoms with Gasteiger partial charge in [0, 0.05) is 20.0 Å². The summed E-state index contributed by atoms with van der Waals surface area (Å²) in [4.78, 5) is 38.1. The van der Waals surface area contributed by atoms with E-state index in [2.05, 4.69) is 4.74 Å². The monoisotopic (exact) mass is 448 g/mol.